The number of aromatic nitrogens is 1. The smallest absolute Gasteiger partial charge is 0.256 e. The molecular formula is C15H24N2O3. The van der Waals surface area contributed by atoms with Gasteiger partial charge in [-0.2, -0.15) is 0 Å². The topological polar surface area (TPSA) is 52.6 Å². The Balaban J connectivity index is 2.11. The van der Waals surface area contributed by atoms with Crippen molar-refractivity contribution in [2.24, 2.45) is 5.92 Å². The fourth-order valence-electron chi connectivity index (χ4n) is 2.30. The number of hydrogen-bond acceptors (Lipinski definition) is 5. The van der Waals surface area contributed by atoms with E-state index in [4.69, 9.17) is 14.2 Å². The largest absolute Gasteiger partial charge is 0.482 e. The Morgan fingerprint density at radius 2 is 2.35 bits per heavy atom. The summed E-state index contributed by atoms with van der Waals surface area (Å²) in [5.74, 6) is 1.57. The van der Waals surface area contributed by atoms with Crippen molar-refractivity contribution in [3.8, 4) is 11.6 Å². The number of ether oxygens (including phenoxy) is 3. The minimum absolute atomic E-state index is 0.0220. The molecule has 1 fully saturated rings. The third kappa shape index (κ3) is 3.84. The van der Waals surface area contributed by atoms with Crippen molar-refractivity contribution in [1.82, 2.24) is 10.3 Å². The molecule has 5 nitrogen and oxygen atoms in total. The molecule has 20 heavy (non-hydrogen) atoms. The number of hydrogen-bond donors (Lipinski definition) is 1. The Morgan fingerprint density at radius 1 is 1.50 bits per heavy atom. The van der Waals surface area contributed by atoms with Gasteiger partial charge >= 0.3 is 0 Å². The third-order valence-corrected chi connectivity index (χ3v) is 3.26. The zero-order valence-electron chi connectivity index (χ0n) is 12.5. The first kappa shape index (κ1) is 15.1. The second kappa shape index (κ2) is 7.45. The minimum Gasteiger partial charge on any atom is -0.482 e. The lowest BCUT2D eigenvalue weighted by Crippen LogP contribution is -2.49. The van der Waals surface area contributed by atoms with E-state index < -0.39 is 0 Å². The average Bonchev–Trinajstić information content (AvgIpc) is 2.47. The van der Waals surface area contributed by atoms with Crippen LogP contribution in [-0.2, 0) is 4.74 Å². The van der Waals surface area contributed by atoms with E-state index in [-0.39, 0.29) is 12.2 Å². The highest BCUT2D eigenvalue weighted by Gasteiger charge is 2.29. The summed E-state index contributed by atoms with van der Waals surface area (Å²) < 4.78 is 17.5. The first-order valence-electron chi connectivity index (χ1n) is 7.29. The van der Waals surface area contributed by atoms with Gasteiger partial charge in [0.2, 0.25) is 0 Å². The van der Waals surface area contributed by atoms with Crippen LogP contribution in [0.4, 0.5) is 0 Å². The van der Waals surface area contributed by atoms with Crippen LogP contribution < -0.4 is 14.8 Å². The molecule has 0 aromatic carbocycles. The Bertz CT molecular complexity index is 406. The van der Waals surface area contributed by atoms with Gasteiger partial charge in [0.25, 0.3) is 5.88 Å². The van der Waals surface area contributed by atoms with Crippen LogP contribution in [-0.4, -0.2) is 43.5 Å². The number of nitrogens with one attached hydrogen (secondary N) is 1. The summed E-state index contributed by atoms with van der Waals surface area (Å²) >= 11 is 0. The quantitative estimate of drug-likeness (QED) is 0.862. The van der Waals surface area contributed by atoms with Crippen LogP contribution in [0.2, 0.25) is 0 Å². The lowest BCUT2D eigenvalue weighted by Gasteiger charge is -2.33. The van der Waals surface area contributed by atoms with Gasteiger partial charge in [0, 0.05) is 19.3 Å². The van der Waals surface area contributed by atoms with Crippen molar-refractivity contribution in [3.05, 3.63) is 18.3 Å². The third-order valence-electron chi connectivity index (χ3n) is 3.26. The van der Waals surface area contributed by atoms with Crippen LogP contribution in [0.15, 0.2) is 18.3 Å². The van der Waals surface area contributed by atoms with Gasteiger partial charge in [-0.3, -0.25) is 0 Å². The monoisotopic (exact) mass is 280 g/mol. The summed E-state index contributed by atoms with van der Waals surface area (Å²) in [5, 5.41) is 3.34. The molecule has 0 spiro atoms. The van der Waals surface area contributed by atoms with Gasteiger partial charge in [-0.15, -0.1) is 0 Å². The van der Waals surface area contributed by atoms with Gasteiger partial charge in [0.05, 0.1) is 13.2 Å². The molecule has 1 aromatic heterocycles. The summed E-state index contributed by atoms with van der Waals surface area (Å²) in [6.45, 7) is 9.22. The fourth-order valence-corrected chi connectivity index (χ4v) is 2.30. The Labute approximate surface area is 120 Å². The molecule has 0 radical (unpaired) electrons. The summed E-state index contributed by atoms with van der Waals surface area (Å²) in [6, 6.07) is 3.75. The summed E-state index contributed by atoms with van der Waals surface area (Å²) in [6.07, 6.45) is 1.74. The number of nitrogens with zero attached hydrogens (tertiary/aromatic N) is 1. The average molecular weight is 280 g/mol. The lowest BCUT2D eigenvalue weighted by molar-refractivity contribution is -0.0584. The van der Waals surface area contributed by atoms with Gasteiger partial charge in [0.1, 0.15) is 12.2 Å². The molecule has 1 aliphatic heterocycles. The van der Waals surface area contributed by atoms with Crippen LogP contribution in [0.1, 0.15) is 20.8 Å². The maximum Gasteiger partial charge on any atom is 0.256 e. The van der Waals surface area contributed by atoms with Gasteiger partial charge in [0.15, 0.2) is 5.75 Å². The molecule has 2 rings (SSSR count). The van der Waals surface area contributed by atoms with E-state index in [2.05, 4.69) is 24.1 Å². The molecule has 0 amide bonds. The van der Waals surface area contributed by atoms with E-state index >= 15 is 0 Å². The lowest BCUT2D eigenvalue weighted by atomic mass is 10.0. The molecular weight excluding hydrogens is 256 g/mol. The molecule has 1 aromatic rings. The molecule has 1 unspecified atom stereocenters. The van der Waals surface area contributed by atoms with Gasteiger partial charge in [-0.05, 0) is 25.0 Å². The van der Waals surface area contributed by atoms with E-state index in [1.165, 1.54) is 0 Å². The summed E-state index contributed by atoms with van der Waals surface area (Å²) in [4.78, 5) is 4.22. The van der Waals surface area contributed by atoms with Crippen molar-refractivity contribution in [3.63, 3.8) is 0 Å². The van der Waals surface area contributed by atoms with Crippen molar-refractivity contribution < 1.29 is 14.2 Å². The molecule has 2 heterocycles. The van der Waals surface area contributed by atoms with E-state index in [0.29, 0.717) is 24.2 Å². The first-order valence-corrected chi connectivity index (χ1v) is 7.29. The second-order valence-corrected chi connectivity index (χ2v) is 5.18. The van der Waals surface area contributed by atoms with Crippen molar-refractivity contribution in [2.45, 2.75) is 33.0 Å². The summed E-state index contributed by atoms with van der Waals surface area (Å²) in [7, 11) is 0. The predicted octanol–water partition coefficient (Wildman–Crippen LogP) is 1.87. The Morgan fingerprint density at radius 3 is 3.00 bits per heavy atom. The van der Waals surface area contributed by atoms with Gasteiger partial charge in [-0.25, -0.2) is 4.98 Å². The van der Waals surface area contributed by atoms with Crippen LogP contribution in [0.25, 0.3) is 0 Å². The van der Waals surface area contributed by atoms with E-state index in [0.717, 1.165) is 19.7 Å². The molecule has 112 valence electrons. The second-order valence-electron chi connectivity index (χ2n) is 5.18. The van der Waals surface area contributed by atoms with Gasteiger partial charge in [-0.1, -0.05) is 13.8 Å². The van der Waals surface area contributed by atoms with Crippen LogP contribution in [0.5, 0.6) is 11.6 Å². The van der Waals surface area contributed by atoms with Crippen LogP contribution in [0.3, 0.4) is 0 Å². The molecule has 2 atom stereocenters. The molecule has 1 N–H and O–H groups in total. The maximum atomic E-state index is 6.15. The minimum atomic E-state index is -0.0220. The fraction of sp³-hybridized carbons (Fsp3) is 0.667. The molecule has 0 saturated carbocycles. The van der Waals surface area contributed by atoms with E-state index in [1.807, 2.05) is 19.1 Å². The zero-order valence-corrected chi connectivity index (χ0v) is 12.5. The zero-order chi connectivity index (χ0) is 14.4. The van der Waals surface area contributed by atoms with Crippen LogP contribution >= 0.6 is 0 Å². The van der Waals surface area contributed by atoms with Crippen molar-refractivity contribution >= 4 is 0 Å². The standard InChI is InChI=1S/C15H24N2O3/c1-4-18-15-12(6-5-7-17-15)20-14(11(2)3)13-10-16-8-9-19-13/h5-7,11,13-14,16H,4,8-10H2,1-3H3/t13-,14?/m0/s1. The SMILES string of the molecule is CCOc1ncccc1OC(C(C)C)[C@@H]1CNCCO1. The highest BCUT2D eigenvalue weighted by Crippen LogP contribution is 2.27. The number of pyridine rings is 1. The van der Waals surface area contributed by atoms with Crippen molar-refractivity contribution in [1.29, 1.82) is 0 Å². The molecule has 0 aliphatic carbocycles. The molecule has 1 saturated heterocycles. The van der Waals surface area contributed by atoms with E-state index in [9.17, 15) is 0 Å². The van der Waals surface area contributed by atoms with E-state index in [1.54, 1.807) is 6.20 Å². The maximum absolute atomic E-state index is 6.15. The normalized spacial score (nSPS) is 20.7. The highest BCUT2D eigenvalue weighted by molar-refractivity contribution is 5.32. The molecule has 1 aliphatic rings. The predicted molar refractivity (Wildman–Crippen MR) is 77.3 cm³/mol. The Kier molecular flexibility index (Phi) is 5.61. The first-order chi connectivity index (χ1) is 9.72. The van der Waals surface area contributed by atoms with Gasteiger partial charge < -0.3 is 19.5 Å². The van der Waals surface area contributed by atoms with Crippen LogP contribution in [0, 0.1) is 5.92 Å². The molecule has 0 bridgehead atoms. The number of rotatable bonds is 6. The molecule has 5 heteroatoms. The summed E-state index contributed by atoms with van der Waals surface area (Å²) in [5.41, 5.74) is 0. The van der Waals surface area contributed by atoms with Crippen molar-refractivity contribution in [2.75, 3.05) is 26.3 Å². The number of morpholine rings is 1. The highest BCUT2D eigenvalue weighted by atomic mass is 16.6. The Hall–Kier alpha value is -1.33.